The number of aromatic nitrogens is 1. The van der Waals surface area contributed by atoms with E-state index in [1.165, 1.54) is 0 Å². The quantitative estimate of drug-likeness (QED) is 0.321. The molecule has 1 aromatic heterocycles. The molecular formula is C26H27N3O6. The van der Waals surface area contributed by atoms with Crippen molar-refractivity contribution in [1.29, 1.82) is 0 Å². The number of carboxylic acid groups (broad SMARTS) is 1. The minimum Gasteiger partial charge on any atom is -0.479 e. The van der Waals surface area contributed by atoms with Crippen LogP contribution in [-0.4, -0.2) is 58.0 Å². The number of carboxylic acids is 1. The predicted octanol–water partition coefficient (Wildman–Crippen LogP) is 2.42. The first kappa shape index (κ1) is 24.0. The van der Waals surface area contributed by atoms with Gasteiger partial charge in [0.2, 0.25) is 5.91 Å². The van der Waals surface area contributed by atoms with Gasteiger partial charge in [-0.05, 0) is 41.3 Å². The number of H-pyrrole nitrogens is 1. The van der Waals surface area contributed by atoms with Crippen LogP contribution in [0.15, 0.2) is 66.9 Å². The summed E-state index contributed by atoms with van der Waals surface area (Å²) in [7, 11) is 0. The van der Waals surface area contributed by atoms with E-state index in [0.29, 0.717) is 5.69 Å². The molecule has 35 heavy (non-hydrogen) atoms. The lowest BCUT2D eigenvalue weighted by atomic mass is 9.98. The molecule has 2 amide bonds. The highest BCUT2D eigenvalue weighted by atomic mass is 16.5. The van der Waals surface area contributed by atoms with Crippen molar-refractivity contribution < 1.29 is 29.3 Å². The zero-order chi connectivity index (χ0) is 25.0. The third-order valence-electron chi connectivity index (χ3n) is 6.11. The van der Waals surface area contributed by atoms with Crippen LogP contribution >= 0.6 is 0 Å². The monoisotopic (exact) mass is 477 g/mol. The fraction of sp³-hybridized carbons (Fsp3) is 0.269. The van der Waals surface area contributed by atoms with E-state index in [4.69, 9.17) is 9.84 Å². The third-order valence-corrected chi connectivity index (χ3v) is 6.11. The maximum atomic E-state index is 12.8. The van der Waals surface area contributed by atoms with Gasteiger partial charge in [0.15, 0.2) is 5.60 Å². The van der Waals surface area contributed by atoms with Crippen molar-refractivity contribution >= 4 is 18.0 Å². The van der Waals surface area contributed by atoms with Crippen molar-refractivity contribution in [2.75, 3.05) is 13.2 Å². The number of hydrogen-bond acceptors (Lipinski definition) is 5. The minimum atomic E-state index is -2.14. The topological polar surface area (TPSA) is 141 Å². The summed E-state index contributed by atoms with van der Waals surface area (Å²) in [6, 6.07) is 18.4. The van der Waals surface area contributed by atoms with Crippen LogP contribution in [0.2, 0.25) is 0 Å². The number of carbonyl (C=O) groups excluding carboxylic acids is 2. The second-order valence-corrected chi connectivity index (χ2v) is 8.72. The van der Waals surface area contributed by atoms with Crippen molar-refractivity contribution in [3.8, 4) is 11.1 Å². The summed E-state index contributed by atoms with van der Waals surface area (Å²) in [5, 5.41) is 23.9. The fourth-order valence-corrected chi connectivity index (χ4v) is 4.16. The van der Waals surface area contributed by atoms with Crippen LogP contribution < -0.4 is 10.6 Å². The van der Waals surface area contributed by atoms with Gasteiger partial charge in [-0.25, -0.2) is 9.59 Å². The van der Waals surface area contributed by atoms with Crippen molar-refractivity contribution in [2.45, 2.75) is 30.9 Å². The molecule has 182 valence electrons. The molecule has 0 aliphatic heterocycles. The van der Waals surface area contributed by atoms with Crippen molar-refractivity contribution in [3.05, 3.63) is 83.7 Å². The predicted molar refractivity (Wildman–Crippen MR) is 128 cm³/mol. The summed E-state index contributed by atoms with van der Waals surface area (Å²) < 4.78 is 5.54. The Morgan fingerprint density at radius 1 is 1.03 bits per heavy atom. The summed E-state index contributed by atoms with van der Waals surface area (Å²) in [5.41, 5.74) is 2.89. The fourth-order valence-electron chi connectivity index (χ4n) is 4.16. The van der Waals surface area contributed by atoms with E-state index in [0.717, 1.165) is 29.2 Å². The average Bonchev–Trinajstić information content (AvgIpc) is 3.47. The number of aliphatic carboxylic acids is 1. The Hall–Kier alpha value is -4.11. The summed E-state index contributed by atoms with van der Waals surface area (Å²) in [6.07, 6.45) is 1.04. The van der Waals surface area contributed by atoms with Gasteiger partial charge in [0.05, 0.1) is 6.54 Å². The Bertz CT molecular complexity index is 1180. The van der Waals surface area contributed by atoms with Gasteiger partial charge in [0.25, 0.3) is 0 Å². The molecule has 5 N–H and O–H groups in total. The van der Waals surface area contributed by atoms with E-state index in [9.17, 15) is 19.5 Å². The van der Waals surface area contributed by atoms with Crippen LogP contribution in [0.4, 0.5) is 4.79 Å². The number of rotatable bonds is 9. The standard InChI is InChI=1S/C26H27N3O6/c1-26(34,24(31)32)15-28-23(30)22(13-16-7-6-12-27-16)29-25(33)35-14-21-19-10-4-2-8-17(19)18-9-3-5-11-20(18)21/h2-12,21-22,27,34H,13-15H2,1H3,(H,28,30)(H,29,33)(H,31,32). The van der Waals surface area contributed by atoms with Gasteiger partial charge in [-0.15, -0.1) is 0 Å². The molecule has 2 aromatic carbocycles. The van der Waals surface area contributed by atoms with Gasteiger partial charge in [0.1, 0.15) is 12.6 Å². The van der Waals surface area contributed by atoms with Gasteiger partial charge >= 0.3 is 12.1 Å². The molecular weight excluding hydrogens is 450 g/mol. The van der Waals surface area contributed by atoms with Crippen molar-refractivity contribution in [1.82, 2.24) is 15.6 Å². The van der Waals surface area contributed by atoms with Crippen LogP contribution in [0.25, 0.3) is 11.1 Å². The van der Waals surface area contributed by atoms with Gasteiger partial charge in [0, 0.05) is 24.2 Å². The molecule has 2 unspecified atom stereocenters. The summed E-state index contributed by atoms with van der Waals surface area (Å²) in [6.45, 7) is 0.647. The first-order valence-electron chi connectivity index (χ1n) is 11.2. The minimum absolute atomic E-state index is 0.0877. The molecule has 0 fully saturated rings. The number of aromatic amines is 1. The highest BCUT2D eigenvalue weighted by Crippen LogP contribution is 2.44. The lowest BCUT2D eigenvalue weighted by Gasteiger charge is -2.22. The van der Waals surface area contributed by atoms with Crippen molar-refractivity contribution in [3.63, 3.8) is 0 Å². The highest BCUT2D eigenvalue weighted by molar-refractivity contribution is 5.87. The number of aliphatic hydroxyl groups is 1. The number of ether oxygens (including phenoxy) is 1. The molecule has 0 bridgehead atoms. The second kappa shape index (κ2) is 10.0. The second-order valence-electron chi connectivity index (χ2n) is 8.72. The number of carbonyl (C=O) groups is 3. The zero-order valence-electron chi connectivity index (χ0n) is 19.2. The van der Waals surface area contributed by atoms with Gasteiger partial charge < -0.3 is 30.6 Å². The maximum absolute atomic E-state index is 12.8. The Morgan fingerprint density at radius 2 is 1.66 bits per heavy atom. The normalized spacial score (nSPS) is 14.8. The summed E-state index contributed by atoms with van der Waals surface area (Å²) >= 11 is 0. The summed E-state index contributed by atoms with van der Waals surface area (Å²) in [5.74, 6) is -2.24. The molecule has 0 spiro atoms. The molecule has 9 heteroatoms. The van der Waals surface area contributed by atoms with E-state index in [1.54, 1.807) is 18.3 Å². The number of fused-ring (bicyclic) bond motifs is 3. The Labute approximate surface area is 202 Å². The molecule has 1 aliphatic rings. The average molecular weight is 478 g/mol. The Kier molecular flexibility index (Phi) is 6.88. The first-order valence-corrected chi connectivity index (χ1v) is 11.2. The third kappa shape index (κ3) is 5.36. The van der Waals surface area contributed by atoms with Gasteiger partial charge in [-0.1, -0.05) is 48.5 Å². The molecule has 0 saturated carbocycles. The molecule has 9 nitrogen and oxygen atoms in total. The van der Waals surface area contributed by atoms with Gasteiger partial charge in [-0.2, -0.15) is 0 Å². The highest BCUT2D eigenvalue weighted by Gasteiger charge is 2.33. The lowest BCUT2D eigenvalue weighted by Crippen LogP contribution is -2.53. The molecule has 4 rings (SSSR count). The van der Waals surface area contributed by atoms with Crippen LogP contribution in [0.3, 0.4) is 0 Å². The van der Waals surface area contributed by atoms with Crippen LogP contribution in [0.1, 0.15) is 29.7 Å². The molecule has 3 aromatic rings. The number of hydrogen-bond donors (Lipinski definition) is 5. The number of benzene rings is 2. The first-order chi connectivity index (χ1) is 16.8. The van der Waals surface area contributed by atoms with E-state index < -0.39 is 36.2 Å². The smallest absolute Gasteiger partial charge is 0.407 e. The molecule has 2 atom stereocenters. The Balaban J connectivity index is 1.43. The van der Waals surface area contributed by atoms with Crippen LogP contribution in [0, 0.1) is 0 Å². The Morgan fingerprint density at radius 3 is 2.23 bits per heavy atom. The molecule has 1 aliphatic carbocycles. The SMILES string of the molecule is CC(O)(CNC(=O)C(Cc1ccc[nH]1)NC(=O)OCC1c2ccccc2-c2ccccc21)C(=O)O. The number of alkyl carbamates (subject to hydrolysis) is 1. The van der Waals surface area contributed by atoms with Crippen molar-refractivity contribution in [2.24, 2.45) is 0 Å². The van der Waals surface area contributed by atoms with E-state index >= 15 is 0 Å². The molecule has 0 saturated heterocycles. The van der Waals surface area contributed by atoms with E-state index in [-0.39, 0.29) is 18.9 Å². The molecule has 1 heterocycles. The maximum Gasteiger partial charge on any atom is 0.407 e. The number of amides is 2. The lowest BCUT2D eigenvalue weighted by molar-refractivity contribution is -0.156. The number of nitrogens with one attached hydrogen (secondary N) is 3. The zero-order valence-corrected chi connectivity index (χ0v) is 19.2. The largest absolute Gasteiger partial charge is 0.479 e. The molecule has 0 radical (unpaired) electrons. The van der Waals surface area contributed by atoms with E-state index in [2.05, 4.69) is 15.6 Å². The summed E-state index contributed by atoms with van der Waals surface area (Å²) in [4.78, 5) is 39.6. The van der Waals surface area contributed by atoms with E-state index in [1.807, 2.05) is 48.5 Å². The van der Waals surface area contributed by atoms with Crippen LogP contribution in [-0.2, 0) is 20.7 Å². The van der Waals surface area contributed by atoms with Crippen LogP contribution in [0.5, 0.6) is 0 Å². The van der Waals surface area contributed by atoms with Gasteiger partial charge in [-0.3, -0.25) is 4.79 Å².